The van der Waals surface area contributed by atoms with Crippen molar-refractivity contribution in [3.05, 3.63) is 23.2 Å². The van der Waals surface area contributed by atoms with Crippen LogP contribution in [0.5, 0.6) is 5.75 Å². The molecule has 23 heavy (non-hydrogen) atoms. The average Bonchev–Trinajstić information content (AvgIpc) is 2.45. The van der Waals surface area contributed by atoms with Gasteiger partial charge in [-0.1, -0.05) is 25.4 Å². The lowest BCUT2D eigenvalue weighted by Gasteiger charge is -2.11. The lowest BCUT2D eigenvalue weighted by molar-refractivity contribution is -0.118. The number of nitrogens with one attached hydrogen (secondary N) is 3. The third-order valence-corrected chi connectivity index (χ3v) is 2.82. The van der Waals surface area contributed by atoms with Gasteiger partial charge in [0.2, 0.25) is 5.91 Å². The van der Waals surface area contributed by atoms with E-state index in [1.807, 2.05) is 13.8 Å². The number of rotatable bonds is 7. The molecule has 0 radical (unpaired) electrons. The second kappa shape index (κ2) is 9.14. The molecule has 9 heteroatoms. The van der Waals surface area contributed by atoms with Crippen molar-refractivity contribution in [2.45, 2.75) is 20.5 Å². The Morgan fingerprint density at radius 2 is 2.00 bits per heavy atom. The zero-order chi connectivity index (χ0) is 17.4. The van der Waals surface area contributed by atoms with Crippen molar-refractivity contribution in [2.75, 3.05) is 18.4 Å². The maximum Gasteiger partial charge on any atom is 0.387 e. The van der Waals surface area contributed by atoms with Gasteiger partial charge in [-0.3, -0.25) is 10.1 Å². The second-order valence-electron chi connectivity index (χ2n) is 5.03. The van der Waals surface area contributed by atoms with Crippen LogP contribution in [0.2, 0.25) is 5.02 Å². The van der Waals surface area contributed by atoms with Gasteiger partial charge in [0.25, 0.3) is 0 Å². The molecular formula is C14H18ClF2N3O3. The zero-order valence-corrected chi connectivity index (χ0v) is 13.4. The molecule has 3 amide bonds. The SMILES string of the molecule is CC(C)CNC(=O)NC(=O)CNc1ccc(OC(F)F)c(Cl)c1. The number of alkyl halides is 2. The third kappa shape index (κ3) is 7.64. The standard InChI is InChI=1S/C14H18ClF2N3O3/c1-8(2)6-19-14(22)20-12(21)7-18-9-3-4-11(10(15)5-9)23-13(16)17/h3-5,8,13,18H,6-7H2,1-2H3,(H2,19,20,21,22). The fourth-order valence-electron chi connectivity index (χ4n) is 1.50. The van der Waals surface area contributed by atoms with Gasteiger partial charge in [-0.25, -0.2) is 4.79 Å². The Hall–Kier alpha value is -2.09. The fraction of sp³-hybridized carbons (Fsp3) is 0.429. The molecule has 0 spiro atoms. The predicted octanol–water partition coefficient (Wildman–Crippen LogP) is 2.84. The Labute approximate surface area is 137 Å². The number of carbonyl (C=O) groups is 2. The van der Waals surface area contributed by atoms with Gasteiger partial charge in [0.15, 0.2) is 0 Å². The van der Waals surface area contributed by atoms with Gasteiger partial charge in [-0.05, 0) is 24.1 Å². The second-order valence-corrected chi connectivity index (χ2v) is 5.44. The van der Waals surface area contributed by atoms with Gasteiger partial charge in [-0.15, -0.1) is 0 Å². The number of ether oxygens (including phenoxy) is 1. The molecule has 0 fully saturated rings. The third-order valence-electron chi connectivity index (χ3n) is 2.52. The van der Waals surface area contributed by atoms with Crippen LogP contribution in [0, 0.1) is 5.92 Å². The normalized spacial score (nSPS) is 10.6. The first-order valence-electron chi connectivity index (χ1n) is 6.84. The number of benzene rings is 1. The Bertz CT molecular complexity index is 556. The quantitative estimate of drug-likeness (QED) is 0.707. The highest BCUT2D eigenvalue weighted by atomic mass is 35.5. The van der Waals surface area contributed by atoms with Gasteiger partial charge in [-0.2, -0.15) is 8.78 Å². The molecule has 6 nitrogen and oxygen atoms in total. The molecule has 1 aromatic rings. The maximum absolute atomic E-state index is 12.1. The summed E-state index contributed by atoms with van der Waals surface area (Å²) in [5.41, 5.74) is 0.425. The van der Waals surface area contributed by atoms with E-state index in [9.17, 15) is 18.4 Å². The highest BCUT2D eigenvalue weighted by molar-refractivity contribution is 6.32. The molecule has 0 saturated heterocycles. The van der Waals surface area contributed by atoms with Gasteiger partial charge >= 0.3 is 12.6 Å². The molecule has 128 valence electrons. The number of amides is 3. The summed E-state index contributed by atoms with van der Waals surface area (Å²) in [6.07, 6.45) is 0. The van der Waals surface area contributed by atoms with Crippen molar-refractivity contribution in [1.82, 2.24) is 10.6 Å². The smallest absolute Gasteiger partial charge is 0.387 e. The maximum atomic E-state index is 12.1. The summed E-state index contributed by atoms with van der Waals surface area (Å²) >= 11 is 5.78. The van der Waals surface area contributed by atoms with Gasteiger partial charge < -0.3 is 15.4 Å². The summed E-state index contributed by atoms with van der Waals surface area (Å²) in [5.74, 6) is -0.440. The van der Waals surface area contributed by atoms with Gasteiger partial charge in [0, 0.05) is 12.2 Å². The molecule has 0 aliphatic rings. The van der Waals surface area contributed by atoms with Crippen molar-refractivity contribution in [2.24, 2.45) is 5.92 Å². The van der Waals surface area contributed by atoms with E-state index in [-0.39, 0.29) is 23.2 Å². The number of anilines is 1. The van der Waals surface area contributed by atoms with E-state index < -0.39 is 18.5 Å². The summed E-state index contributed by atoms with van der Waals surface area (Å²) in [5, 5.41) is 7.38. The number of halogens is 3. The zero-order valence-electron chi connectivity index (χ0n) is 12.7. The van der Waals surface area contributed by atoms with E-state index in [4.69, 9.17) is 11.6 Å². The van der Waals surface area contributed by atoms with Crippen LogP contribution in [0.4, 0.5) is 19.3 Å². The van der Waals surface area contributed by atoms with Crippen LogP contribution in [-0.2, 0) is 4.79 Å². The number of carbonyl (C=O) groups excluding carboxylic acids is 2. The fourth-order valence-corrected chi connectivity index (χ4v) is 1.72. The number of imide groups is 1. The Kier molecular flexibility index (Phi) is 7.53. The molecular weight excluding hydrogens is 332 g/mol. The monoisotopic (exact) mass is 349 g/mol. The summed E-state index contributed by atoms with van der Waals surface area (Å²) in [6, 6.07) is 3.44. The topological polar surface area (TPSA) is 79.5 Å². The van der Waals surface area contributed by atoms with Crippen molar-refractivity contribution in [3.8, 4) is 5.75 Å². The average molecular weight is 350 g/mol. The van der Waals surface area contributed by atoms with Crippen molar-refractivity contribution in [3.63, 3.8) is 0 Å². The number of urea groups is 1. The first kappa shape index (κ1) is 19.0. The largest absolute Gasteiger partial charge is 0.433 e. The Morgan fingerprint density at radius 3 is 2.57 bits per heavy atom. The van der Waals surface area contributed by atoms with Crippen molar-refractivity contribution < 1.29 is 23.1 Å². The molecule has 1 aromatic carbocycles. The van der Waals surface area contributed by atoms with Crippen LogP contribution in [0.15, 0.2) is 18.2 Å². The molecule has 0 aliphatic heterocycles. The molecule has 0 aromatic heterocycles. The summed E-state index contributed by atoms with van der Waals surface area (Å²) < 4.78 is 28.4. The van der Waals surface area contributed by atoms with Crippen LogP contribution >= 0.6 is 11.6 Å². The minimum atomic E-state index is -2.97. The van der Waals surface area contributed by atoms with Crippen LogP contribution in [0.3, 0.4) is 0 Å². The van der Waals surface area contributed by atoms with E-state index in [0.717, 1.165) is 0 Å². The molecule has 0 aliphatic carbocycles. The Morgan fingerprint density at radius 1 is 1.30 bits per heavy atom. The van der Waals surface area contributed by atoms with E-state index in [1.165, 1.54) is 18.2 Å². The molecule has 0 saturated carbocycles. The molecule has 0 heterocycles. The molecule has 1 rings (SSSR count). The van der Waals surface area contributed by atoms with Crippen molar-refractivity contribution in [1.29, 1.82) is 0 Å². The first-order valence-corrected chi connectivity index (χ1v) is 7.21. The summed E-state index contributed by atoms with van der Waals surface area (Å²) in [7, 11) is 0. The highest BCUT2D eigenvalue weighted by Gasteiger charge is 2.10. The Balaban J connectivity index is 2.44. The van der Waals surface area contributed by atoms with Crippen molar-refractivity contribution >= 4 is 29.2 Å². The van der Waals surface area contributed by atoms with Crippen LogP contribution in [0.25, 0.3) is 0 Å². The van der Waals surface area contributed by atoms with E-state index >= 15 is 0 Å². The van der Waals surface area contributed by atoms with Gasteiger partial charge in [0.05, 0.1) is 11.6 Å². The van der Waals surface area contributed by atoms with Crippen LogP contribution < -0.4 is 20.7 Å². The van der Waals surface area contributed by atoms with E-state index in [1.54, 1.807) is 0 Å². The minimum absolute atomic E-state index is 0.0228. The molecule has 0 atom stereocenters. The lowest BCUT2D eigenvalue weighted by atomic mass is 10.2. The lowest BCUT2D eigenvalue weighted by Crippen LogP contribution is -2.43. The first-order chi connectivity index (χ1) is 10.8. The van der Waals surface area contributed by atoms with E-state index in [2.05, 4.69) is 20.7 Å². The number of hydrogen-bond acceptors (Lipinski definition) is 4. The summed E-state index contributed by atoms with van der Waals surface area (Å²) in [6.45, 7) is 1.15. The molecule has 0 unspecified atom stereocenters. The van der Waals surface area contributed by atoms with E-state index in [0.29, 0.717) is 12.2 Å². The molecule has 3 N–H and O–H groups in total. The molecule has 0 bridgehead atoms. The van der Waals surface area contributed by atoms with Crippen LogP contribution in [-0.4, -0.2) is 31.6 Å². The predicted molar refractivity (Wildman–Crippen MR) is 83.0 cm³/mol. The van der Waals surface area contributed by atoms with Crippen LogP contribution in [0.1, 0.15) is 13.8 Å². The number of hydrogen-bond donors (Lipinski definition) is 3. The van der Waals surface area contributed by atoms with Gasteiger partial charge in [0.1, 0.15) is 5.75 Å². The minimum Gasteiger partial charge on any atom is -0.433 e. The highest BCUT2D eigenvalue weighted by Crippen LogP contribution is 2.28. The summed E-state index contributed by atoms with van der Waals surface area (Å²) in [4.78, 5) is 23.0.